The number of hydrogen-bond donors (Lipinski definition) is 1. The summed E-state index contributed by atoms with van der Waals surface area (Å²) in [6, 6.07) is 5.07. The molecule has 3 aliphatic rings. The van der Waals surface area contributed by atoms with E-state index in [0.717, 1.165) is 59.8 Å². The van der Waals surface area contributed by atoms with Crippen molar-refractivity contribution >= 4 is 13.9 Å². The first kappa shape index (κ1) is 34.8. The van der Waals surface area contributed by atoms with Crippen molar-refractivity contribution in [3.8, 4) is 6.07 Å². The normalized spacial score (nSPS) is 21.7. The maximum atomic E-state index is 13.8. The number of alkyl halides is 3. The number of pyridine rings is 1. The predicted molar refractivity (Wildman–Crippen MR) is 174 cm³/mol. The van der Waals surface area contributed by atoms with Gasteiger partial charge in [0.05, 0.1) is 42.2 Å². The molecule has 2 aromatic rings. The Kier molecular flexibility index (Phi) is 9.68. The van der Waals surface area contributed by atoms with E-state index in [1.54, 1.807) is 6.07 Å². The van der Waals surface area contributed by atoms with E-state index in [1.807, 2.05) is 0 Å². The molecule has 10 heteroatoms. The number of aromatic nitrogens is 1. The van der Waals surface area contributed by atoms with E-state index in [9.17, 15) is 23.5 Å². The minimum atomic E-state index is -4.69. The Morgan fingerprint density at radius 2 is 1.80 bits per heavy atom. The van der Waals surface area contributed by atoms with Gasteiger partial charge in [-0.1, -0.05) is 46.8 Å². The van der Waals surface area contributed by atoms with Crippen LogP contribution in [0.1, 0.15) is 123 Å². The number of benzene rings is 1. The smallest absolute Gasteiger partial charge is 0.410 e. The zero-order valence-electron chi connectivity index (χ0n) is 28.1. The average Bonchev–Trinajstić information content (AvgIpc) is 2.98. The van der Waals surface area contributed by atoms with Gasteiger partial charge in [0.25, 0.3) is 0 Å². The highest BCUT2D eigenvalue weighted by atomic mass is 28.4. The molecule has 2 aliphatic heterocycles. The van der Waals surface area contributed by atoms with E-state index in [2.05, 4.69) is 53.8 Å². The van der Waals surface area contributed by atoms with Gasteiger partial charge in [0.1, 0.15) is 6.10 Å². The SMILES string of the molecule is CC1(C)Cc2nc(C3CCOCC3)c([C@@H](O)c3ccc(C(F)(F)F)c(C#N)c3)c(C3=CCOCC3)c2C(O[Si](C)(C)C(C)(C)C)C1. The monoisotopic (exact) mass is 656 g/mol. The molecule has 2 atom stereocenters. The summed E-state index contributed by atoms with van der Waals surface area (Å²) in [5, 5.41) is 22.0. The van der Waals surface area contributed by atoms with Gasteiger partial charge in [0, 0.05) is 36.0 Å². The van der Waals surface area contributed by atoms with Crippen molar-refractivity contribution in [2.75, 3.05) is 26.4 Å². The molecular weight excluding hydrogens is 609 g/mol. The van der Waals surface area contributed by atoms with Gasteiger partial charge in [-0.3, -0.25) is 4.98 Å². The van der Waals surface area contributed by atoms with Crippen molar-refractivity contribution in [3.05, 3.63) is 69.0 Å². The number of aliphatic hydroxyl groups is 1. The standard InChI is InChI=1S/C36H47F3N2O4Si/c1-34(2,3)46(6,7)45-28-20-35(4,5)19-27-30(28)29(22-10-14-43-15-11-22)31(32(41-27)23-12-16-44-17-13-23)33(42)24-8-9-26(36(37,38)39)25(18-24)21-40/h8-10,18,23,28,33,42H,11-17,19-20H2,1-7H3/t28?,33-/m0/s1. The van der Waals surface area contributed by atoms with E-state index >= 15 is 0 Å². The highest BCUT2D eigenvalue weighted by Gasteiger charge is 2.45. The minimum Gasteiger partial charge on any atom is -0.410 e. The van der Waals surface area contributed by atoms with Crippen LogP contribution in [0.4, 0.5) is 13.2 Å². The summed E-state index contributed by atoms with van der Waals surface area (Å²) >= 11 is 0. The molecule has 0 saturated carbocycles. The lowest BCUT2D eigenvalue weighted by Crippen LogP contribution is -2.44. The third-order valence-electron chi connectivity index (χ3n) is 10.3. The summed E-state index contributed by atoms with van der Waals surface area (Å²) in [4.78, 5) is 5.39. The first-order valence-corrected chi connectivity index (χ1v) is 19.2. The molecule has 1 aliphatic carbocycles. The molecule has 3 heterocycles. The van der Waals surface area contributed by atoms with Crippen LogP contribution in [0.5, 0.6) is 0 Å². The van der Waals surface area contributed by atoms with Crippen molar-refractivity contribution in [3.63, 3.8) is 0 Å². The van der Waals surface area contributed by atoms with Crippen molar-refractivity contribution in [1.29, 1.82) is 5.26 Å². The summed E-state index contributed by atoms with van der Waals surface area (Å²) in [6.45, 7) is 17.7. The van der Waals surface area contributed by atoms with Crippen LogP contribution in [0.2, 0.25) is 18.1 Å². The molecule has 1 fully saturated rings. The number of halogens is 3. The molecule has 0 spiro atoms. The summed E-state index contributed by atoms with van der Waals surface area (Å²) in [7, 11) is -2.28. The molecule has 1 N–H and O–H groups in total. The highest BCUT2D eigenvalue weighted by molar-refractivity contribution is 6.74. The van der Waals surface area contributed by atoms with E-state index in [-0.39, 0.29) is 28.0 Å². The van der Waals surface area contributed by atoms with Gasteiger partial charge in [-0.05, 0) is 84.5 Å². The Hall–Kier alpha value is -2.55. The fourth-order valence-corrected chi connectivity index (χ4v) is 8.09. The van der Waals surface area contributed by atoms with E-state index in [4.69, 9.17) is 18.9 Å². The van der Waals surface area contributed by atoms with Crippen LogP contribution >= 0.6 is 0 Å². The lowest BCUT2D eigenvalue weighted by atomic mass is 9.70. The van der Waals surface area contributed by atoms with Gasteiger partial charge >= 0.3 is 6.18 Å². The molecule has 1 aromatic carbocycles. The fourth-order valence-electron chi connectivity index (χ4n) is 6.82. The van der Waals surface area contributed by atoms with E-state index in [0.29, 0.717) is 38.4 Å². The number of ether oxygens (including phenoxy) is 2. The summed E-state index contributed by atoms with van der Waals surface area (Å²) in [6.07, 6.45) is -0.648. The lowest BCUT2D eigenvalue weighted by molar-refractivity contribution is -0.137. The number of rotatable bonds is 6. The van der Waals surface area contributed by atoms with Gasteiger partial charge < -0.3 is 19.0 Å². The zero-order chi connectivity index (χ0) is 33.7. The molecule has 5 rings (SSSR count). The Labute approximate surface area is 272 Å². The predicted octanol–water partition coefficient (Wildman–Crippen LogP) is 8.79. The Morgan fingerprint density at radius 3 is 2.39 bits per heavy atom. The minimum absolute atomic E-state index is 0.00225. The van der Waals surface area contributed by atoms with Crippen molar-refractivity contribution in [2.24, 2.45) is 5.41 Å². The van der Waals surface area contributed by atoms with Gasteiger partial charge in [-0.2, -0.15) is 18.4 Å². The lowest BCUT2D eigenvalue weighted by Gasteiger charge is -2.45. The van der Waals surface area contributed by atoms with Crippen molar-refractivity contribution < 1.29 is 32.2 Å². The summed E-state index contributed by atoms with van der Waals surface area (Å²) in [5.74, 6) is -0.00225. The van der Waals surface area contributed by atoms with Crippen LogP contribution in [0, 0.1) is 16.7 Å². The molecule has 1 saturated heterocycles. The Bertz CT molecular complexity index is 1530. The molecule has 1 aromatic heterocycles. The van der Waals surface area contributed by atoms with E-state index < -0.39 is 31.7 Å². The highest BCUT2D eigenvalue weighted by Crippen LogP contribution is 2.52. The molecule has 1 unspecified atom stereocenters. The van der Waals surface area contributed by atoms with Crippen LogP contribution in [-0.4, -0.2) is 44.8 Å². The Morgan fingerprint density at radius 1 is 1.11 bits per heavy atom. The van der Waals surface area contributed by atoms with Crippen molar-refractivity contribution in [1.82, 2.24) is 4.98 Å². The van der Waals surface area contributed by atoms with Crippen LogP contribution in [0.15, 0.2) is 24.3 Å². The summed E-state index contributed by atoms with van der Waals surface area (Å²) in [5.41, 5.74) is 3.84. The van der Waals surface area contributed by atoms with E-state index in [1.165, 1.54) is 12.1 Å². The number of hydrogen-bond acceptors (Lipinski definition) is 6. The van der Waals surface area contributed by atoms with Crippen LogP contribution < -0.4 is 0 Å². The summed E-state index contributed by atoms with van der Waals surface area (Å²) < 4.78 is 59.9. The second-order valence-electron chi connectivity index (χ2n) is 15.3. The van der Waals surface area contributed by atoms with Crippen LogP contribution in [-0.2, 0) is 26.5 Å². The number of nitrogens with zero attached hydrogens (tertiary/aromatic N) is 2. The second-order valence-corrected chi connectivity index (χ2v) is 20.1. The molecule has 46 heavy (non-hydrogen) atoms. The van der Waals surface area contributed by atoms with Gasteiger partial charge in [0.2, 0.25) is 0 Å². The van der Waals surface area contributed by atoms with Crippen LogP contribution in [0.25, 0.3) is 5.57 Å². The molecular formula is C36H47F3N2O4Si. The maximum absolute atomic E-state index is 13.8. The first-order chi connectivity index (χ1) is 21.4. The number of nitriles is 1. The Balaban J connectivity index is 1.82. The molecule has 0 amide bonds. The molecule has 0 radical (unpaired) electrons. The quantitative estimate of drug-likeness (QED) is 0.313. The maximum Gasteiger partial charge on any atom is 0.417 e. The second kappa shape index (κ2) is 12.8. The molecule has 6 nitrogen and oxygen atoms in total. The topological polar surface area (TPSA) is 84.6 Å². The van der Waals surface area contributed by atoms with Crippen molar-refractivity contribution in [2.45, 2.75) is 109 Å². The number of aliphatic hydroxyl groups excluding tert-OH is 1. The fraction of sp³-hybridized carbons (Fsp3) is 0.611. The van der Waals surface area contributed by atoms with Crippen LogP contribution in [0.3, 0.4) is 0 Å². The third-order valence-corrected chi connectivity index (χ3v) is 14.8. The average molecular weight is 657 g/mol. The van der Waals surface area contributed by atoms with Gasteiger partial charge in [0.15, 0.2) is 8.32 Å². The van der Waals surface area contributed by atoms with Gasteiger partial charge in [-0.15, -0.1) is 0 Å². The van der Waals surface area contributed by atoms with Gasteiger partial charge in [-0.25, -0.2) is 0 Å². The molecule has 0 bridgehead atoms. The molecule has 250 valence electrons. The largest absolute Gasteiger partial charge is 0.417 e. The zero-order valence-corrected chi connectivity index (χ0v) is 29.1. The first-order valence-electron chi connectivity index (χ1n) is 16.3. The number of fused-ring (bicyclic) bond motifs is 1. The third kappa shape index (κ3) is 7.00.